The van der Waals surface area contributed by atoms with Crippen LogP contribution < -0.4 is 5.32 Å². The zero-order valence-electron chi connectivity index (χ0n) is 17.9. The lowest BCUT2D eigenvalue weighted by Crippen LogP contribution is -2.16. The minimum absolute atomic E-state index is 0.178. The number of aromatic nitrogens is 3. The summed E-state index contributed by atoms with van der Waals surface area (Å²) in [6.07, 6.45) is 6.66. The van der Waals surface area contributed by atoms with E-state index in [-0.39, 0.29) is 30.0 Å². The molecular weight excluding hydrogens is 459 g/mol. The number of ether oxygens (including phenoxy) is 1. The van der Waals surface area contributed by atoms with Crippen molar-refractivity contribution < 1.29 is 23.2 Å². The molecule has 0 saturated carbocycles. The largest absolute Gasteiger partial charge is 0.454 e. The molecule has 1 N–H and O–H groups in total. The zero-order valence-corrected chi connectivity index (χ0v) is 18.7. The fraction of sp³-hybridized carbons (Fsp3) is 0.208. The van der Waals surface area contributed by atoms with E-state index in [4.69, 9.17) is 9.26 Å². The van der Waals surface area contributed by atoms with Crippen molar-refractivity contribution in [1.82, 2.24) is 15.1 Å². The third-order valence-electron chi connectivity index (χ3n) is 5.42. The molecule has 0 bridgehead atoms. The van der Waals surface area contributed by atoms with Gasteiger partial charge in [-0.2, -0.15) is 4.98 Å². The van der Waals surface area contributed by atoms with Crippen LogP contribution in [0.3, 0.4) is 0 Å². The molecule has 1 aliphatic carbocycles. The second kappa shape index (κ2) is 9.52. The van der Waals surface area contributed by atoms with Gasteiger partial charge in [-0.1, -0.05) is 5.16 Å². The molecule has 0 atom stereocenters. The molecule has 0 radical (unpaired) electrons. The predicted molar refractivity (Wildman–Crippen MR) is 122 cm³/mol. The van der Waals surface area contributed by atoms with Gasteiger partial charge in [0, 0.05) is 22.8 Å². The Morgan fingerprint density at radius 2 is 1.97 bits per heavy atom. The highest BCUT2D eigenvalue weighted by Crippen LogP contribution is 2.39. The van der Waals surface area contributed by atoms with E-state index >= 15 is 0 Å². The van der Waals surface area contributed by atoms with Crippen LogP contribution in [0.5, 0.6) is 0 Å². The maximum Gasteiger partial charge on any atom is 0.341 e. The predicted octanol–water partition coefficient (Wildman–Crippen LogP) is 4.82. The van der Waals surface area contributed by atoms with E-state index < -0.39 is 5.97 Å². The lowest BCUT2D eigenvalue weighted by molar-refractivity contribution is 0.0460. The van der Waals surface area contributed by atoms with Gasteiger partial charge in [-0.3, -0.25) is 9.78 Å². The van der Waals surface area contributed by atoms with Crippen LogP contribution in [0.2, 0.25) is 0 Å². The molecule has 0 saturated heterocycles. The van der Waals surface area contributed by atoms with Crippen molar-refractivity contribution in [3.63, 3.8) is 0 Å². The van der Waals surface area contributed by atoms with Crippen LogP contribution in [-0.2, 0) is 24.2 Å². The van der Waals surface area contributed by atoms with Gasteiger partial charge in [0.1, 0.15) is 10.8 Å². The molecule has 8 nitrogen and oxygen atoms in total. The zero-order chi connectivity index (χ0) is 23.5. The number of pyridine rings is 1. The summed E-state index contributed by atoms with van der Waals surface area (Å²) in [6, 6.07) is 8.96. The molecule has 4 aromatic rings. The van der Waals surface area contributed by atoms with Gasteiger partial charge in [-0.25, -0.2) is 9.18 Å². The van der Waals surface area contributed by atoms with E-state index in [1.54, 1.807) is 18.3 Å². The summed E-state index contributed by atoms with van der Waals surface area (Å²) < 4.78 is 23.8. The molecule has 5 rings (SSSR count). The van der Waals surface area contributed by atoms with E-state index in [1.165, 1.54) is 41.8 Å². The van der Waals surface area contributed by atoms with Crippen LogP contribution in [0.25, 0.3) is 11.5 Å². The van der Waals surface area contributed by atoms with Crippen molar-refractivity contribution in [2.24, 2.45) is 0 Å². The normalized spacial score (nSPS) is 12.7. The second-order valence-electron chi connectivity index (χ2n) is 7.71. The highest BCUT2D eigenvalue weighted by molar-refractivity contribution is 7.17. The first-order valence-corrected chi connectivity index (χ1v) is 11.5. The van der Waals surface area contributed by atoms with Gasteiger partial charge in [0.25, 0.3) is 11.8 Å². The minimum atomic E-state index is -0.561. The molecule has 3 aromatic heterocycles. The Balaban J connectivity index is 1.33. The Morgan fingerprint density at radius 3 is 2.76 bits per heavy atom. The van der Waals surface area contributed by atoms with Gasteiger partial charge in [0.15, 0.2) is 6.61 Å². The first-order valence-electron chi connectivity index (χ1n) is 10.7. The molecule has 1 aliphatic rings. The molecular formula is C24H19FN4O4S. The van der Waals surface area contributed by atoms with Crippen molar-refractivity contribution in [2.45, 2.75) is 32.3 Å². The monoisotopic (exact) mass is 478 g/mol. The summed E-state index contributed by atoms with van der Waals surface area (Å²) in [5, 5.41) is 7.15. The topological polar surface area (TPSA) is 107 Å². The molecule has 0 unspecified atom stereocenters. The van der Waals surface area contributed by atoms with Crippen LogP contribution in [0.15, 0.2) is 53.3 Å². The number of carbonyl (C=O) groups is 2. The lowest BCUT2D eigenvalue weighted by Gasteiger charge is -2.12. The van der Waals surface area contributed by atoms with Crippen LogP contribution in [-0.4, -0.2) is 27.0 Å². The van der Waals surface area contributed by atoms with Gasteiger partial charge in [0.2, 0.25) is 5.82 Å². The van der Waals surface area contributed by atoms with Crippen LogP contribution in [0, 0.1) is 5.82 Å². The standard InChI is InChI=1S/C24H19FN4O4S/c25-16-9-7-14(8-10-16)22-27-19(29-33-22)13-32-24(31)20-17-5-1-2-6-18(17)34-23(20)28-21(30)15-4-3-11-26-12-15/h3-4,7-12H,1-2,5-6,13H2,(H,28,30). The number of nitrogens with one attached hydrogen (secondary N) is 1. The van der Waals surface area contributed by atoms with E-state index in [0.29, 0.717) is 21.7 Å². The lowest BCUT2D eigenvalue weighted by atomic mass is 9.95. The second-order valence-corrected chi connectivity index (χ2v) is 8.81. The van der Waals surface area contributed by atoms with Gasteiger partial charge in [0.05, 0.1) is 11.1 Å². The number of rotatable bonds is 6. The molecule has 172 valence electrons. The molecule has 0 spiro atoms. The number of hydrogen-bond donors (Lipinski definition) is 1. The van der Waals surface area contributed by atoms with Gasteiger partial charge in [-0.15, -0.1) is 11.3 Å². The van der Waals surface area contributed by atoms with E-state index in [2.05, 4.69) is 20.4 Å². The quantitative estimate of drug-likeness (QED) is 0.396. The van der Waals surface area contributed by atoms with Gasteiger partial charge in [-0.05, 0) is 67.6 Å². The molecule has 10 heteroatoms. The van der Waals surface area contributed by atoms with Gasteiger partial charge >= 0.3 is 5.97 Å². The summed E-state index contributed by atoms with van der Waals surface area (Å²) in [6.45, 7) is -0.204. The van der Waals surface area contributed by atoms with Crippen LogP contribution >= 0.6 is 11.3 Å². The number of aryl methyl sites for hydroxylation is 1. The molecule has 0 fully saturated rings. The van der Waals surface area contributed by atoms with E-state index in [1.807, 2.05) is 0 Å². The van der Waals surface area contributed by atoms with Crippen LogP contribution in [0.4, 0.5) is 9.39 Å². The average Bonchev–Trinajstić information content (AvgIpc) is 3.48. The number of nitrogens with zero attached hydrogens (tertiary/aromatic N) is 3. The minimum Gasteiger partial charge on any atom is -0.454 e. The van der Waals surface area contributed by atoms with E-state index in [9.17, 15) is 14.0 Å². The number of hydrogen-bond acceptors (Lipinski definition) is 8. The highest BCUT2D eigenvalue weighted by atomic mass is 32.1. The van der Waals surface area contributed by atoms with Crippen molar-refractivity contribution in [3.05, 3.63) is 82.0 Å². The van der Waals surface area contributed by atoms with Crippen LogP contribution in [0.1, 0.15) is 49.8 Å². The average molecular weight is 479 g/mol. The number of anilines is 1. The Morgan fingerprint density at radius 1 is 1.15 bits per heavy atom. The van der Waals surface area contributed by atoms with Crippen molar-refractivity contribution >= 4 is 28.2 Å². The molecule has 34 heavy (non-hydrogen) atoms. The Labute approximate surface area is 197 Å². The summed E-state index contributed by atoms with van der Waals surface area (Å²) in [5.74, 6) is -0.902. The first kappa shape index (κ1) is 21.9. The van der Waals surface area contributed by atoms with Crippen molar-refractivity contribution in [2.75, 3.05) is 5.32 Å². The summed E-state index contributed by atoms with van der Waals surface area (Å²) in [7, 11) is 0. The maximum atomic E-state index is 13.1. The molecule has 1 amide bonds. The SMILES string of the molecule is O=C(Nc1sc2c(c1C(=O)OCc1noc(-c3ccc(F)cc3)n1)CCCC2)c1cccnc1. The number of amides is 1. The summed E-state index contributed by atoms with van der Waals surface area (Å²) in [4.78, 5) is 35.0. The summed E-state index contributed by atoms with van der Waals surface area (Å²) in [5.41, 5.74) is 2.24. The summed E-state index contributed by atoms with van der Waals surface area (Å²) >= 11 is 1.40. The fourth-order valence-electron chi connectivity index (χ4n) is 3.77. The highest BCUT2D eigenvalue weighted by Gasteiger charge is 2.28. The number of carbonyl (C=O) groups excluding carboxylic acids is 2. The number of halogens is 1. The first-order chi connectivity index (χ1) is 16.6. The fourth-order valence-corrected chi connectivity index (χ4v) is 5.04. The maximum absolute atomic E-state index is 13.1. The number of esters is 1. The van der Waals surface area contributed by atoms with Crippen molar-refractivity contribution in [3.8, 4) is 11.5 Å². The Hall–Kier alpha value is -3.92. The van der Waals surface area contributed by atoms with Crippen molar-refractivity contribution in [1.29, 1.82) is 0 Å². The molecule has 0 aliphatic heterocycles. The number of fused-ring (bicyclic) bond motifs is 1. The van der Waals surface area contributed by atoms with Gasteiger partial charge < -0.3 is 14.6 Å². The third-order valence-corrected chi connectivity index (χ3v) is 6.63. The molecule has 1 aromatic carbocycles. The smallest absolute Gasteiger partial charge is 0.341 e. The molecule has 3 heterocycles. The Bertz CT molecular complexity index is 1340. The third kappa shape index (κ3) is 4.58. The number of benzene rings is 1. The Kier molecular flexibility index (Phi) is 6.13. The number of thiophene rings is 1. The van der Waals surface area contributed by atoms with E-state index in [0.717, 1.165) is 36.1 Å².